The highest BCUT2D eigenvalue weighted by molar-refractivity contribution is 6.31. The van der Waals surface area contributed by atoms with Crippen molar-refractivity contribution in [3.8, 4) is 0 Å². The molecule has 2 amide bonds. The third-order valence-corrected chi connectivity index (χ3v) is 8.27. The molecule has 1 aromatic heterocycles. The normalized spacial score (nSPS) is 18.0. The quantitative estimate of drug-likeness (QED) is 0.365. The van der Waals surface area contributed by atoms with E-state index in [0.29, 0.717) is 41.3 Å². The van der Waals surface area contributed by atoms with Gasteiger partial charge in [0.05, 0.1) is 6.04 Å². The van der Waals surface area contributed by atoms with Gasteiger partial charge in [-0.05, 0) is 79.5 Å². The monoisotopic (exact) mass is 554 g/mol. The van der Waals surface area contributed by atoms with Gasteiger partial charge >= 0.3 is 6.09 Å². The number of hydrogen-bond acceptors (Lipinski definition) is 3. The van der Waals surface area contributed by atoms with Crippen molar-refractivity contribution in [3.63, 3.8) is 0 Å². The summed E-state index contributed by atoms with van der Waals surface area (Å²) in [5.74, 6) is 0.264. The minimum atomic E-state index is -0.868. The maximum absolute atomic E-state index is 14.1. The molecule has 3 aromatic rings. The summed E-state index contributed by atoms with van der Waals surface area (Å²) in [5, 5.41) is 15.5. The van der Waals surface area contributed by atoms with Gasteiger partial charge in [-0.25, -0.2) is 4.79 Å². The molecule has 0 bridgehead atoms. The average molecular weight is 556 g/mol. The van der Waals surface area contributed by atoms with Gasteiger partial charge in [0.25, 0.3) is 5.91 Å². The van der Waals surface area contributed by atoms with Crippen molar-refractivity contribution in [3.05, 3.63) is 80.1 Å². The summed E-state index contributed by atoms with van der Waals surface area (Å²) < 4.78 is 2.01. The van der Waals surface area contributed by atoms with Crippen LogP contribution in [0.5, 0.6) is 0 Å². The number of carbonyl (C=O) groups excluding carboxylic acids is 1. The Kier molecular flexibility index (Phi) is 7.18. The highest BCUT2D eigenvalue weighted by Gasteiger charge is 2.45. The summed E-state index contributed by atoms with van der Waals surface area (Å²) >= 11 is 12.7. The number of anilines is 1. The molecule has 0 aliphatic carbocycles. The number of rotatable bonds is 5. The smallest absolute Gasteiger partial charge is 0.407 e. The predicted molar refractivity (Wildman–Crippen MR) is 150 cm³/mol. The molecule has 0 radical (unpaired) electrons. The minimum Gasteiger partial charge on any atom is -0.465 e. The molecule has 2 aliphatic rings. The van der Waals surface area contributed by atoms with Crippen LogP contribution in [0.4, 0.5) is 10.5 Å². The molecule has 2 aromatic carbocycles. The standard InChI is InChI=1S/C29H32Cl2N4O3/c1-16(2)26-24-25(32-34(26)15-19-9-11-33(12-10-19)29(37)38)28(36)35(23-14-21(31)6-5-17(23)3)27(24)22-8-7-20(30)13-18(22)4/h5-8,13-14,16,19,27H,9-12,15H2,1-4H3,(H,37,38). The van der Waals surface area contributed by atoms with Crippen molar-refractivity contribution in [2.24, 2.45) is 5.92 Å². The number of likely N-dealkylation sites (tertiary alicyclic amines) is 1. The predicted octanol–water partition coefficient (Wildman–Crippen LogP) is 7.07. The van der Waals surface area contributed by atoms with Gasteiger partial charge in [-0.2, -0.15) is 5.10 Å². The lowest BCUT2D eigenvalue weighted by molar-refractivity contribution is 0.0985. The van der Waals surface area contributed by atoms with Crippen LogP contribution in [0.25, 0.3) is 0 Å². The summed E-state index contributed by atoms with van der Waals surface area (Å²) in [6, 6.07) is 11.0. The molecule has 7 nitrogen and oxygen atoms in total. The Labute approximate surface area is 232 Å². The number of carbonyl (C=O) groups is 2. The third kappa shape index (κ3) is 4.67. The SMILES string of the molecule is Cc1cc(Cl)ccc1C1c2c(nn(CC3CCN(C(=O)O)CC3)c2C(C)C)C(=O)N1c1cc(Cl)ccc1C. The molecule has 1 fully saturated rings. The molecule has 3 heterocycles. The topological polar surface area (TPSA) is 78.7 Å². The lowest BCUT2D eigenvalue weighted by Gasteiger charge is -2.32. The zero-order valence-electron chi connectivity index (χ0n) is 22.0. The summed E-state index contributed by atoms with van der Waals surface area (Å²) in [5.41, 5.74) is 6.15. The number of nitrogens with zero attached hydrogens (tertiary/aromatic N) is 4. The largest absolute Gasteiger partial charge is 0.465 e. The Morgan fingerprint density at radius 1 is 1.05 bits per heavy atom. The van der Waals surface area contributed by atoms with E-state index in [1.807, 2.05) is 59.8 Å². The van der Waals surface area contributed by atoms with E-state index in [9.17, 15) is 14.7 Å². The van der Waals surface area contributed by atoms with E-state index in [0.717, 1.165) is 46.5 Å². The van der Waals surface area contributed by atoms with E-state index in [1.54, 1.807) is 0 Å². The van der Waals surface area contributed by atoms with E-state index in [-0.39, 0.29) is 17.9 Å². The molecule has 1 saturated heterocycles. The van der Waals surface area contributed by atoms with Crippen molar-refractivity contribution < 1.29 is 14.7 Å². The van der Waals surface area contributed by atoms with Gasteiger partial charge in [0.1, 0.15) is 0 Å². The van der Waals surface area contributed by atoms with Crippen molar-refractivity contribution in [1.82, 2.24) is 14.7 Å². The number of piperidine rings is 1. The maximum atomic E-state index is 14.1. The second kappa shape index (κ2) is 10.3. The van der Waals surface area contributed by atoms with Crippen molar-refractivity contribution in [2.45, 2.75) is 59.0 Å². The molecule has 0 saturated carbocycles. The molecule has 1 unspecified atom stereocenters. The van der Waals surface area contributed by atoms with Crippen molar-refractivity contribution in [1.29, 1.82) is 0 Å². The van der Waals surface area contributed by atoms with E-state index < -0.39 is 6.09 Å². The fraction of sp³-hybridized carbons (Fsp3) is 0.414. The van der Waals surface area contributed by atoms with Crippen LogP contribution in [0.15, 0.2) is 36.4 Å². The first-order valence-corrected chi connectivity index (χ1v) is 13.8. The molecule has 5 rings (SSSR count). The number of hydrogen-bond donors (Lipinski definition) is 1. The van der Waals surface area contributed by atoms with Crippen LogP contribution >= 0.6 is 23.2 Å². The number of benzene rings is 2. The van der Waals surface area contributed by atoms with Gasteiger partial charge in [0, 0.05) is 46.6 Å². The Bertz CT molecular complexity index is 1410. The lowest BCUT2D eigenvalue weighted by Crippen LogP contribution is -2.38. The second-order valence-electron chi connectivity index (χ2n) is 10.7. The first-order chi connectivity index (χ1) is 18.1. The van der Waals surface area contributed by atoms with E-state index in [1.165, 1.54) is 4.90 Å². The molecule has 2 aliphatic heterocycles. The van der Waals surface area contributed by atoms with Crippen molar-refractivity contribution >= 4 is 40.9 Å². The summed E-state index contributed by atoms with van der Waals surface area (Å²) in [6.07, 6.45) is 0.679. The fourth-order valence-corrected chi connectivity index (χ4v) is 6.30. The summed E-state index contributed by atoms with van der Waals surface area (Å²) in [6.45, 7) is 9.95. The van der Waals surface area contributed by atoms with Crippen molar-refractivity contribution in [2.75, 3.05) is 18.0 Å². The lowest BCUT2D eigenvalue weighted by atomic mass is 9.91. The van der Waals surface area contributed by atoms with Gasteiger partial charge < -0.3 is 10.0 Å². The second-order valence-corrected chi connectivity index (χ2v) is 11.6. The number of fused-ring (bicyclic) bond motifs is 1. The molecular weight excluding hydrogens is 523 g/mol. The van der Waals surface area contributed by atoms with Gasteiger partial charge in [0.2, 0.25) is 0 Å². The Morgan fingerprint density at radius 2 is 1.71 bits per heavy atom. The van der Waals surface area contributed by atoms with Crippen LogP contribution in [-0.4, -0.2) is 44.9 Å². The zero-order chi connectivity index (χ0) is 27.3. The molecule has 9 heteroatoms. The Balaban J connectivity index is 1.62. The number of carboxylic acid groups (broad SMARTS) is 1. The number of aryl methyl sites for hydroxylation is 2. The third-order valence-electron chi connectivity index (χ3n) is 7.80. The molecule has 1 atom stereocenters. The van der Waals surface area contributed by atoms with Crippen LogP contribution in [0.2, 0.25) is 10.0 Å². The average Bonchev–Trinajstić information content (AvgIpc) is 3.35. The Hall–Kier alpha value is -3.03. The van der Waals surface area contributed by atoms with Gasteiger partial charge in [0.15, 0.2) is 5.69 Å². The van der Waals surface area contributed by atoms with Gasteiger partial charge in [-0.3, -0.25) is 14.4 Å². The number of amides is 2. The summed E-state index contributed by atoms with van der Waals surface area (Å²) in [7, 11) is 0. The maximum Gasteiger partial charge on any atom is 0.407 e. The van der Waals surface area contributed by atoms with E-state index >= 15 is 0 Å². The zero-order valence-corrected chi connectivity index (χ0v) is 23.6. The molecular formula is C29H32Cl2N4O3. The summed E-state index contributed by atoms with van der Waals surface area (Å²) in [4.78, 5) is 28.8. The first-order valence-electron chi connectivity index (χ1n) is 13.0. The van der Waals surface area contributed by atoms with Crippen LogP contribution < -0.4 is 4.90 Å². The fourth-order valence-electron chi connectivity index (χ4n) is 5.91. The number of halogens is 2. The van der Waals surface area contributed by atoms with Crippen LogP contribution in [0, 0.1) is 19.8 Å². The highest BCUT2D eigenvalue weighted by atomic mass is 35.5. The van der Waals surface area contributed by atoms with Crippen LogP contribution in [0.1, 0.15) is 77.1 Å². The van der Waals surface area contributed by atoms with Crippen LogP contribution in [0.3, 0.4) is 0 Å². The molecule has 0 spiro atoms. The van der Waals surface area contributed by atoms with Crippen LogP contribution in [-0.2, 0) is 6.54 Å². The molecule has 38 heavy (non-hydrogen) atoms. The van der Waals surface area contributed by atoms with E-state index in [4.69, 9.17) is 28.3 Å². The molecule has 200 valence electrons. The minimum absolute atomic E-state index is 0.119. The molecule has 1 N–H and O–H groups in total. The van der Waals surface area contributed by atoms with Gasteiger partial charge in [-0.15, -0.1) is 0 Å². The Morgan fingerprint density at radius 3 is 2.34 bits per heavy atom. The van der Waals surface area contributed by atoms with E-state index in [2.05, 4.69) is 13.8 Å². The highest BCUT2D eigenvalue weighted by Crippen LogP contribution is 2.47. The number of aromatic nitrogens is 2. The van der Waals surface area contributed by atoms with Gasteiger partial charge in [-0.1, -0.05) is 49.2 Å². The first kappa shape index (κ1) is 26.6.